The number of nitrogens with two attached hydrogens (primary N) is 1. The molecule has 15 heavy (non-hydrogen) atoms. The van der Waals surface area contributed by atoms with Crippen LogP contribution in [0.25, 0.3) is 0 Å². The summed E-state index contributed by atoms with van der Waals surface area (Å²) in [7, 11) is 2.01. The quantitative estimate of drug-likeness (QED) is 0.749. The molecule has 0 bridgehead atoms. The zero-order valence-corrected chi connectivity index (χ0v) is 9.48. The maximum atomic E-state index is 5.89. The molecule has 0 saturated heterocycles. The number of rotatable bonds is 5. The van der Waals surface area contributed by atoms with Gasteiger partial charge in [-0.05, 0) is 18.6 Å². The number of pyridine rings is 1. The predicted molar refractivity (Wildman–Crippen MR) is 64.9 cm³/mol. The van der Waals surface area contributed by atoms with Crippen LogP contribution in [0.3, 0.4) is 0 Å². The summed E-state index contributed by atoms with van der Waals surface area (Å²) < 4.78 is 0. The Kier molecular flexibility index (Phi) is 4.31. The van der Waals surface area contributed by atoms with Gasteiger partial charge < -0.3 is 10.6 Å². The molecule has 3 heteroatoms. The van der Waals surface area contributed by atoms with E-state index < -0.39 is 0 Å². The molecule has 0 unspecified atom stereocenters. The van der Waals surface area contributed by atoms with Crippen molar-refractivity contribution in [2.24, 2.45) is 5.73 Å². The Labute approximate surface area is 91.6 Å². The summed E-state index contributed by atoms with van der Waals surface area (Å²) in [5.74, 6) is 0. The molecule has 2 N–H and O–H groups in total. The Morgan fingerprint density at radius 3 is 2.80 bits per heavy atom. The van der Waals surface area contributed by atoms with E-state index in [4.69, 9.17) is 5.73 Å². The van der Waals surface area contributed by atoms with Crippen LogP contribution in [-0.4, -0.2) is 18.6 Å². The third-order valence-corrected chi connectivity index (χ3v) is 2.43. The van der Waals surface area contributed by atoms with Crippen molar-refractivity contribution in [1.29, 1.82) is 0 Å². The van der Waals surface area contributed by atoms with Gasteiger partial charge >= 0.3 is 0 Å². The molecular formula is C12H19N3. The molecule has 0 radical (unpaired) electrons. The average Bonchev–Trinajstić information content (AvgIpc) is 2.28. The van der Waals surface area contributed by atoms with Gasteiger partial charge in [-0.25, -0.2) is 0 Å². The van der Waals surface area contributed by atoms with Gasteiger partial charge in [-0.2, -0.15) is 0 Å². The minimum Gasteiger partial charge on any atom is -0.370 e. The SMILES string of the molecule is C=CCN(C)c1ccc([C@@H](N)CC)nc1. The number of nitrogens with zero attached hydrogens (tertiary/aromatic N) is 2. The summed E-state index contributed by atoms with van der Waals surface area (Å²) in [5.41, 5.74) is 7.92. The molecular weight excluding hydrogens is 186 g/mol. The largest absolute Gasteiger partial charge is 0.370 e. The minimum atomic E-state index is 0.0451. The molecule has 0 spiro atoms. The van der Waals surface area contributed by atoms with Crippen LogP contribution in [0.5, 0.6) is 0 Å². The molecule has 0 aliphatic heterocycles. The molecule has 0 fully saturated rings. The Balaban J connectivity index is 2.75. The van der Waals surface area contributed by atoms with E-state index in [2.05, 4.69) is 23.4 Å². The van der Waals surface area contributed by atoms with Gasteiger partial charge in [0, 0.05) is 19.6 Å². The molecule has 0 saturated carbocycles. The molecule has 0 amide bonds. The first-order chi connectivity index (χ1) is 7.19. The van der Waals surface area contributed by atoms with Gasteiger partial charge in [-0.1, -0.05) is 13.0 Å². The van der Waals surface area contributed by atoms with Crippen molar-refractivity contribution in [1.82, 2.24) is 4.98 Å². The number of anilines is 1. The van der Waals surface area contributed by atoms with Crippen molar-refractivity contribution in [3.05, 3.63) is 36.7 Å². The molecule has 0 aliphatic rings. The van der Waals surface area contributed by atoms with E-state index >= 15 is 0 Å². The lowest BCUT2D eigenvalue weighted by molar-refractivity contribution is 0.675. The maximum absolute atomic E-state index is 5.89. The lowest BCUT2D eigenvalue weighted by Crippen LogP contribution is -2.17. The summed E-state index contributed by atoms with van der Waals surface area (Å²) in [6.45, 7) is 6.58. The second-order valence-electron chi connectivity index (χ2n) is 3.63. The Bertz CT molecular complexity index is 305. The van der Waals surface area contributed by atoms with Crippen molar-refractivity contribution < 1.29 is 0 Å². The normalized spacial score (nSPS) is 12.2. The highest BCUT2D eigenvalue weighted by Crippen LogP contribution is 2.15. The third-order valence-electron chi connectivity index (χ3n) is 2.43. The van der Waals surface area contributed by atoms with Crippen LogP contribution in [0.2, 0.25) is 0 Å². The standard InChI is InChI=1S/C12H19N3/c1-4-8-15(3)10-6-7-12(14-9-10)11(13)5-2/h4,6-7,9,11H,1,5,8,13H2,2-3H3/t11-/m0/s1. The third kappa shape index (κ3) is 3.06. The van der Waals surface area contributed by atoms with Crippen LogP contribution in [0.1, 0.15) is 25.1 Å². The van der Waals surface area contributed by atoms with Gasteiger partial charge in [0.25, 0.3) is 0 Å². The first-order valence-electron chi connectivity index (χ1n) is 5.22. The molecule has 1 aromatic rings. The summed E-state index contributed by atoms with van der Waals surface area (Å²) in [5, 5.41) is 0. The molecule has 1 heterocycles. The fraction of sp³-hybridized carbons (Fsp3) is 0.417. The van der Waals surface area contributed by atoms with Gasteiger partial charge in [0.1, 0.15) is 0 Å². The van der Waals surface area contributed by atoms with Gasteiger partial charge in [-0.3, -0.25) is 4.98 Å². The van der Waals surface area contributed by atoms with Crippen molar-refractivity contribution in [3.63, 3.8) is 0 Å². The molecule has 0 aliphatic carbocycles. The van der Waals surface area contributed by atoms with Crippen molar-refractivity contribution in [3.8, 4) is 0 Å². The lowest BCUT2D eigenvalue weighted by atomic mass is 10.1. The second kappa shape index (κ2) is 5.51. The highest BCUT2D eigenvalue weighted by Gasteiger charge is 2.05. The van der Waals surface area contributed by atoms with Crippen molar-refractivity contribution in [2.45, 2.75) is 19.4 Å². The number of hydrogen-bond acceptors (Lipinski definition) is 3. The van der Waals surface area contributed by atoms with Gasteiger partial charge in [0.05, 0.1) is 17.6 Å². The van der Waals surface area contributed by atoms with E-state index in [1.54, 1.807) is 0 Å². The van der Waals surface area contributed by atoms with Crippen LogP contribution in [0.15, 0.2) is 31.0 Å². The van der Waals surface area contributed by atoms with Crippen LogP contribution in [-0.2, 0) is 0 Å². The molecule has 1 atom stereocenters. The fourth-order valence-electron chi connectivity index (χ4n) is 1.35. The summed E-state index contributed by atoms with van der Waals surface area (Å²) >= 11 is 0. The molecule has 1 aromatic heterocycles. The first-order valence-corrected chi connectivity index (χ1v) is 5.22. The van der Waals surface area contributed by atoms with Gasteiger partial charge in [0.2, 0.25) is 0 Å². The average molecular weight is 205 g/mol. The molecule has 3 nitrogen and oxygen atoms in total. The number of hydrogen-bond donors (Lipinski definition) is 1. The van der Waals surface area contributed by atoms with Crippen LogP contribution in [0.4, 0.5) is 5.69 Å². The molecule has 1 rings (SSSR count). The second-order valence-corrected chi connectivity index (χ2v) is 3.63. The van der Waals surface area contributed by atoms with Crippen LogP contribution in [0, 0.1) is 0 Å². The molecule has 0 aromatic carbocycles. The van der Waals surface area contributed by atoms with Crippen molar-refractivity contribution in [2.75, 3.05) is 18.5 Å². The van der Waals surface area contributed by atoms with Gasteiger partial charge in [0.15, 0.2) is 0 Å². The number of likely N-dealkylation sites (N-methyl/N-ethyl adjacent to an activating group) is 1. The first kappa shape index (κ1) is 11.7. The summed E-state index contributed by atoms with van der Waals surface area (Å²) in [6.07, 6.45) is 4.63. The smallest absolute Gasteiger partial charge is 0.0572 e. The zero-order chi connectivity index (χ0) is 11.3. The summed E-state index contributed by atoms with van der Waals surface area (Å²) in [6, 6.07) is 4.08. The van der Waals surface area contributed by atoms with E-state index in [9.17, 15) is 0 Å². The number of aromatic nitrogens is 1. The summed E-state index contributed by atoms with van der Waals surface area (Å²) in [4.78, 5) is 6.44. The van der Waals surface area contributed by atoms with E-state index in [1.165, 1.54) is 0 Å². The Morgan fingerprint density at radius 1 is 1.60 bits per heavy atom. The Morgan fingerprint density at radius 2 is 2.33 bits per heavy atom. The van der Waals surface area contributed by atoms with Gasteiger partial charge in [-0.15, -0.1) is 6.58 Å². The van der Waals surface area contributed by atoms with E-state index in [1.807, 2.05) is 31.5 Å². The van der Waals surface area contributed by atoms with Crippen LogP contribution >= 0.6 is 0 Å². The fourth-order valence-corrected chi connectivity index (χ4v) is 1.35. The predicted octanol–water partition coefficient (Wildman–Crippen LogP) is 2.11. The topological polar surface area (TPSA) is 42.1 Å². The van der Waals surface area contributed by atoms with E-state index in [0.717, 1.165) is 24.3 Å². The zero-order valence-electron chi connectivity index (χ0n) is 9.48. The lowest BCUT2D eigenvalue weighted by Gasteiger charge is -2.17. The van der Waals surface area contributed by atoms with Crippen LogP contribution < -0.4 is 10.6 Å². The highest BCUT2D eigenvalue weighted by atomic mass is 15.1. The van der Waals surface area contributed by atoms with Crippen molar-refractivity contribution >= 4 is 5.69 Å². The highest BCUT2D eigenvalue weighted by molar-refractivity contribution is 5.44. The molecule has 82 valence electrons. The van der Waals surface area contributed by atoms with E-state index in [0.29, 0.717) is 0 Å². The van der Waals surface area contributed by atoms with E-state index in [-0.39, 0.29) is 6.04 Å². The maximum Gasteiger partial charge on any atom is 0.0572 e. The monoisotopic (exact) mass is 205 g/mol. The Hall–Kier alpha value is -1.35. The minimum absolute atomic E-state index is 0.0451.